The number of hydrogen-bond donors (Lipinski definition) is 0. The van der Waals surface area contributed by atoms with Crippen LogP contribution in [0.1, 0.15) is 5.01 Å². The Morgan fingerprint density at radius 1 is 1.58 bits per heavy atom. The van der Waals surface area contributed by atoms with Crippen molar-refractivity contribution in [1.82, 2.24) is 9.97 Å². The van der Waals surface area contributed by atoms with Crippen LogP contribution in [0.2, 0.25) is 0 Å². The van der Waals surface area contributed by atoms with Gasteiger partial charge in [-0.25, -0.2) is 9.97 Å². The van der Waals surface area contributed by atoms with E-state index in [9.17, 15) is 0 Å². The van der Waals surface area contributed by atoms with Gasteiger partial charge < -0.3 is 0 Å². The van der Waals surface area contributed by atoms with E-state index in [4.69, 9.17) is 11.6 Å². The molecule has 0 aliphatic carbocycles. The highest BCUT2D eigenvalue weighted by molar-refractivity contribution is 9.10. The van der Waals surface area contributed by atoms with E-state index in [1.54, 1.807) is 6.20 Å². The summed E-state index contributed by atoms with van der Waals surface area (Å²) in [4.78, 5) is 9.42. The van der Waals surface area contributed by atoms with Gasteiger partial charge in [0, 0.05) is 10.7 Å². The van der Waals surface area contributed by atoms with Crippen LogP contribution in [0.25, 0.3) is 10.3 Å². The molecule has 2 aromatic rings. The van der Waals surface area contributed by atoms with Crippen LogP contribution in [0, 0.1) is 0 Å². The van der Waals surface area contributed by atoms with E-state index in [2.05, 4.69) is 25.9 Å². The third-order valence-corrected chi connectivity index (χ3v) is 3.20. The van der Waals surface area contributed by atoms with Crippen molar-refractivity contribution in [2.24, 2.45) is 0 Å². The zero-order valence-corrected chi connectivity index (χ0v) is 9.08. The van der Waals surface area contributed by atoms with Crippen LogP contribution in [0.15, 0.2) is 16.7 Å². The normalized spacial score (nSPS) is 10.8. The highest BCUT2D eigenvalue weighted by Crippen LogP contribution is 2.23. The quantitative estimate of drug-likeness (QED) is 0.739. The summed E-state index contributed by atoms with van der Waals surface area (Å²) < 4.78 is 0.946. The van der Waals surface area contributed by atoms with Gasteiger partial charge >= 0.3 is 0 Å². The summed E-state index contributed by atoms with van der Waals surface area (Å²) in [6.45, 7) is 0. The number of nitrogens with zero attached hydrogens (tertiary/aromatic N) is 2. The molecule has 2 heterocycles. The predicted octanol–water partition coefficient (Wildman–Crippen LogP) is 3.19. The van der Waals surface area contributed by atoms with Crippen molar-refractivity contribution in [2.75, 3.05) is 0 Å². The zero-order valence-electron chi connectivity index (χ0n) is 5.92. The first-order valence-electron chi connectivity index (χ1n) is 3.26. The summed E-state index contributed by atoms with van der Waals surface area (Å²) in [5.41, 5.74) is 0.907. The van der Waals surface area contributed by atoms with E-state index in [1.165, 1.54) is 11.3 Å². The Hall–Kier alpha value is -0.190. The van der Waals surface area contributed by atoms with Crippen molar-refractivity contribution in [3.8, 4) is 0 Å². The fourth-order valence-corrected chi connectivity index (χ4v) is 2.18. The third kappa shape index (κ3) is 1.46. The average Bonchev–Trinajstić information content (AvgIpc) is 2.46. The highest BCUT2D eigenvalue weighted by Gasteiger charge is 2.03. The Bertz CT molecular complexity index is 415. The standard InChI is InChI=1S/C7H4BrClN2S/c8-4-1-5-7(10-3-4)12-6(2-9)11-5/h1,3H,2H2. The first-order valence-corrected chi connectivity index (χ1v) is 5.41. The second-order valence-electron chi connectivity index (χ2n) is 2.22. The SMILES string of the molecule is ClCc1nc2cc(Br)cnc2s1. The molecule has 0 atom stereocenters. The molecule has 62 valence electrons. The van der Waals surface area contributed by atoms with Crippen LogP contribution >= 0.6 is 38.9 Å². The minimum atomic E-state index is 0.457. The molecule has 0 aliphatic heterocycles. The molecule has 0 N–H and O–H groups in total. The maximum Gasteiger partial charge on any atom is 0.143 e. The molecule has 0 amide bonds. The maximum atomic E-state index is 5.65. The summed E-state index contributed by atoms with van der Waals surface area (Å²) in [5.74, 6) is 0.457. The molecule has 0 spiro atoms. The summed E-state index contributed by atoms with van der Waals surface area (Å²) in [5, 5.41) is 0.914. The van der Waals surface area contributed by atoms with Crippen molar-refractivity contribution in [1.29, 1.82) is 0 Å². The molecule has 2 nitrogen and oxygen atoms in total. The van der Waals surface area contributed by atoms with Gasteiger partial charge in [0.05, 0.1) is 5.88 Å². The van der Waals surface area contributed by atoms with Crippen molar-refractivity contribution >= 4 is 49.2 Å². The third-order valence-electron chi connectivity index (χ3n) is 1.37. The second-order valence-corrected chi connectivity index (χ2v) is 4.46. The van der Waals surface area contributed by atoms with Crippen molar-refractivity contribution in [3.63, 3.8) is 0 Å². The minimum Gasteiger partial charge on any atom is -0.242 e. The van der Waals surface area contributed by atoms with Crippen molar-refractivity contribution < 1.29 is 0 Å². The smallest absolute Gasteiger partial charge is 0.143 e. The van der Waals surface area contributed by atoms with Gasteiger partial charge in [0.25, 0.3) is 0 Å². The number of aromatic nitrogens is 2. The Morgan fingerprint density at radius 2 is 2.42 bits per heavy atom. The molecule has 5 heteroatoms. The molecule has 0 fully saturated rings. The van der Waals surface area contributed by atoms with E-state index >= 15 is 0 Å². The lowest BCUT2D eigenvalue weighted by Gasteiger charge is -1.86. The van der Waals surface area contributed by atoms with Gasteiger partial charge in [0.15, 0.2) is 0 Å². The molecule has 0 unspecified atom stereocenters. The number of hydrogen-bond acceptors (Lipinski definition) is 3. The number of pyridine rings is 1. The molecular weight excluding hydrogens is 260 g/mol. The van der Waals surface area contributed by atoms with Crippen LogP contribution in [-0.2, 0) is 5.88 Å². The fourth-order valence-electron chi connectivity index (χ4n) is 0.901. The average molecular weight is 264 g/mol. The van der Waals surface area contributed by atoms with E-state index in [-0.39, 0.29) is 0 Å². The van der Waals surface area contributed by atoms with Gasteiger partial charge in [-0.15, -0.1) is 11.6 Å². The molecule has 2 rings (SSSR count). The Labute approximate surface area is 86.7 Å². The minimum absolute atomic E-state index is 0.457. The molecule has 0 saturated heterocycles. The summed E-state index contributed by atoms with van der Waals surface area (Å²) in [6, 6.07) is 1.94. The second kappa shape index (κ2) is 3.28. The Kier molecular flexibility index (Phi) is 2.30. The molecular formula is C7H4BrClN2S. The molecule has 2 aromatic heterocycles. The summed E-state index contributed by atoms with van der Waals surface area (Å²) in [7, 11) is 0. The molecule has 12 heavy (non-hydrogen) atoms. The molecule has 0 aromatic carbocycles. The lowest BCUT2D eigenvalue weighted by atomic mass is 10.5. The van der Waals surface area contributed by atoms with Gasteiger partial charge in [0.1, 0.15) is 15.4 Å². The molecule has 0 aliphatic rings. The van der Waals surface area contributed by atoms with E-state index in [0.717, 1.165) is 19.8 Å². The van der Waals surface area contributed by atoms with Crippen molar-refractivity contribution in [2.45, 2.75) is 5.88 Å². The van der Waals surface area contributed by atoms with Crippen molar-refractivity contribution in [3.05, 3.63) is 21.7 Å². The van der Waals surface area contributed by atoms with Gasteiger partial charge in [-0.2, -0.15) is 0 Å². The molecule has 0 radical (unpaired) electrons. The fraction of sp³-hybridized carbons (Fsp3) is 0.143. The first-order chi connectivity index (χ1) is 5.79. The number of thiazole rings is 1. The number of fused-ring (bicyclic) bond motifs is 1. The Balaban J connectivity index is 2.67. The van der Waals surface area contributed by atoms with E-state index < -0.39 is 0 Å². The van der Waals surface area contributed by atoms with E-state index in [1.807, 2.05) is 6.07 Å². The first kappa shape index (κ1) is 8.41. The van der Waals surface area contributed by atoms with Gasteiger partial charge in [-0.05, 0) is 22.0 Å². The number of alkyl halides is 1. The zero-order chi connectivity index (χ0) is 8.55. The van der Waals surface area contributed by atoms with Crippen LogP contribution in [0.3, 0.4) is 0 Å². The molecule has 0 bridgehead atoms. The van der Waals surface area contributed by atoms with Crippen LogP contribution in [0.4, 0.5) is 0 Å². The molecule has 0 saturated carbocycles. The monoisotopic (exact) mass is 262 g/mol. The van der Waals surface area contributed by atoms with E-state index in [0.29, 0.717) is 5.88 Å². The number of rotatable bonds is 1. The maximum absolute atomic E-state index is 5.65. The van der Waals surface area contributed by atoms with Gasteiger partial charge in [-0.3, -0.25) is 0 Å². The lowest BCUT2D eigenvalue weighted by Crippen LogP contribution is -1.74. The van der Waals surface area contributed by atoms with Crippen LogP contribution < -0.4 is 0 Å². The van der Waals surface area contributed by atoms with Gasteiger partial charge in [0.2, 0.25) is 0 Å². The largest absolute Gasteiger partial charge is 0.242 e. The Morgan fingerprint density at radius 3 is 3.17 bits per heavy atom. The number of halogens is 2. The summed E-state index contributed by atoms with van der Waals surface area (Å²) in [6.07, 6.45) is 1.76. The lowest BCUT2D eigenvalue weighted by molar-refractivity contribution is 1.29. The summed E-state index contributed by atoms with van der Waals surface area (Å²) >= 11 is 10.5. The predicted molar refractivity (Wildman–Crippen MR) is 54.7 cm³/mol. The van der Waals surface area contributed by atoms with Crippen LogP contribution in [0.5, 0.6) is 0 Å². The highest BCUT2D eigenvalue weighted by atomic mass is 79.9. The topological polar surface area (TPSA) is 25.8 Å². The van der Waals surface area contributed by atoms with Gasteiger partial charge in [-0.1, -0.05) is 11.3 Å². The van der Waals surface area contributed by atoms with Crippen LogP contribution in [-0.4, -0.2) is 9.97 Å².